The van der Waals surface area contributed by atoms with E-state index in [0.29, 0.717) is 0 Å². The van der Waals surface area contributed by atoms with Crippen LogP contribution in [-0.2, 0) is 15.1 Å². The van der Waals surface area contributed by atoms with Gasteiger partial charge in [-0.1, -0.05) is 66.7 Å². The fraction of sp³-hybridized carbons (Fsp3) is 0.240. The molecule has 0 heterocycles. The zero-order valence-corrected chi connectivity index (χ0v) is 16.8. The van der Waals surface area contributed by atoms with Gasteiger partial charge < -0.3 is 15.6 Å². The van der Waals surface area contributed by atoms with Gasteiger partial charge in [0.1, 0.15) is 11.6 Å². The lowest BCUT2D eigenvalue weighted by atomic mass is 9.82. The molecular formula is C25H25NO3. The first kappa shape index (κ1) is 19.4. The van der Waals surface area contributed by atoms with Gasteiger partial charge in [-0.25, -0.2) is 0 Å². The maximum absolute atomic E-state index is 11.5. The van der Waals surface area contributed by atoms with E-state index in [9.17, 15) is 9.90 Å². The maximum Gasteiger partial charge on any atom is 0.323 e. The van der Waals surface area contributed by atoms with Crippen LogP contribution >= 0.6 is 0 Å². The number of aliphatic carboxylic acids is 1. The van der Waals surface area contributed by atoms with Crippen molar-refractivity contribution in [2.24, 2.45) is 5.73 Å². The van der Waals surface area contributed by atoms with Crippen LogP contribution in [0.15, 0.2) is 66.7 Å². The van der Waals surface area contributed by atoms with Gasteiger partial charge in [-0.3, -0.25) is 4.79 Å². The highest BCUT2D eigenvalue weighted by Crippen LogP contribution is 2.53. The molecule has 0 saturated carbocycles. The molecule has 3 N–H and O–H groups in total. The summed E-state index contributed by atoms with van der Waals surface area (Å²) in [6.07, 6.45) is -0.701. The van der Waals surface area contributed by atoms with E-state index in [-0.39, 0.29) is 0 Å². The molecule has 2 atom stereocenters. The molecule has 0 aromatic heterocycles. The molecule has 1 aliphatic carbocycles. The Labute approximate surface area is 171 Å². The molecule has 3 aromatic rings. The van der Waals surface area contributed by atoms with Crippen molar-refractivity contribution in [2.45, 2.75) is 38.5 Å². The van der Waals surface area contributed by atoms with Crippen molar-refractivity contribution in [3.8, 4) is 11.1 Å². The van der Waals surface area contributed by atoms with Crippen molar-refractivity contribution in [1.82, 2.24) is 0 Å². The fourth-order valence-corrected chi connectivity index (χ4v) is 4.21. The highest BCUT2D eigenvalue weighted by atomic mass is 16.5. The summed E-state index contributed by atoms with van der Waals surface area (Å²) in [5.41, 5.74) is 12.6. The number of hydrogen-bond donors (Lipinski definition) is 2. The van der Waals surface area contributed by atoms with E-state index in [1.54, 1.807) is 6.92 Å². The predicted molar refractivity (Wildman–Crippen MR) is 114 cm³/mol. The standard InChI is InChI=1S/C25H25NO3/c1-15-12-13-18(14-16(15)2)25(29-17(3)23(26)24(27)28)21-10-6-4-8-19(21)20-9-5-7-11-22(20)25/h4-14,17,23H,26H2,1-3H3,(H,27,28)/t17?,23-/m0/s1. The summed E-state index contributed by atoms with van der Waals surface area (Å²) in [4.78, 5) is 11.5. The first-order valence-electron chi connectivity index (χ1n) is 9.79. The minimum absolute atomic E-state index is 0.701. The van der Waals surface area contributed by atoms with Gasteiger partial charge >= 0.3 is 5.97 Å². The normalized spacial score (nSPS) is 16.0. The van der Waals surface area contributed by atoms with Crippen LogP contribution in [-0.4, -0.2) is 23.2 Å². The summed E-state index contributed by atoms with van der Waals surface area (Å²) in [6.45, 7) is 5.88. The second kappa shape index (κ2) is 7.14. The van der Waals surface area contributed by atoms with Gasteiger partial charge in [0.05, 0.1) is 6.10 Å². The van der Waals surface area contributed by atoms with Crippen LogP contribution in [0.4, 0.5) is 0 Å². The zero-order valence-electron chi connectivity index (χ0n) is 16.8. The molecule has 0 radical (unpaired) electrons. The van der Waals surface area contributed by atoms with Gasteiger partial charge in [0.15, 0.2) is 0 Å². The summed E-state index contributed by atoms with van der Waals surface area (Å²) in [5.74, 6) is -1.08. The van der Waals surface area contributed by atoms with Crippen LogP contribution in [0.3, 0.4) is 0 Å². The zero-order chi connectivity index (χ0) is 20.8. The summed E-state index contributed by atoms with van der Waals surface area (Å²) in [5, 5.41) is 9.45. The molecule has 1 unspecified atom stereocenters. The molecule has 0 fully saturated rings. The third-order valence-corrected chi connectivity index (χ3v) is 5.97. The minimum Gasteiger partial charge on any atom is -0.480 e. The molecule has 1 aliphatic rings. The van der Waals surface area contributed by atoms with Gasteiger partial charge in [-0.15, -0.1) is 0 Å². The second-order valence-corrected chi connectivity index (χ2v) is 7.76. The van der Waals surface area contributed by atoms with Gasteiger partial charge in [0.2, 0.25) is 0 Å². The Bertz CT molecular complexity index is 1040. The Morgan fingerprint density at radius 2 is 1.48 bits per heavy atom. The molecule has 4 rings (SSSR count). The van der Waals surface area contributed by atoms with E-state index in [4.69, 9.17) is 10.5 Å². The number of nitrogens with two attached hydrogens (primary N) is 1. The van der Waals surface area contributed by atoms with Crippen molar-refractivity contribution in [1.29, 1.82) is 0 Å². The van der Waals surface area contributed by atoms with Gasteiger partial charge in [-0.2, -0.15) is 0 Å². The molecule has 0 spiro atoms. The maximum atomic E-state index is 11.5. The second-order valence-electron chi connectivity index (χ2n) is 7.76. The van der Waals surface area contributed by atoms with E-state index in [2.05, 4.69) is 56.3 Å². The molecule has 3 aromatic carbocycles. The monoisotopic (exact) mass is 387 g/mol. The largest absolute Gasteiger partial charge is 0.480 e. The summed E-state index contributed by atoms with van der Waals surface area (Å²) in [6, 6.07) is 21.5. The average molecular weight is 387 g/mol. The first-order chi connectivity index (χ1) is 13.9. The molecule has 0 amide bonds. The molecule has 0 saturated heterocycles. The van der Waals surface area contributed by atoms with Crippen molar-refractivity contribution in [2.75, 3.05) is 0 Å². The molecule has 4 nitrogen and oxygen atoms in total. The quantitative estimate of drug-likeness (QED) is 0.681. The Kier molecular flexibility index (Phi) is 4.77. The van der Waals surface area contributed by atoms with Gasteiger partial charge in [0.25, 0.3) is 0 Å². The van der Waals surface area contributed by atoms with E-state index in [1.807, 2.05) is 24.3 Å². The number of carbonyl (C=O) groups is 1. The molecular weight excluding hydrogens is 362 g/mol. The van der Waals surface area contributed by atoms with Crippen molar-refractivity contribution in [3.63, 3.8) is 0 Å². The minimum atomic E-state index is -1.13. The Hall–Kier alpha value is -2.95. The molecule has 0 bridgehead atoms. The van der Waals surface area contributed by atoms with E-state index in [0.717, 1.165) is 33.4 Å². The SMILES string of the molecule is Cc1ccc(C2(OC(C)[C@H](N)C(=O)O)c3ccccc3-c3ccccc32)cc1C. The van der Waals surface area contributed by atoms with Crippen molar-refractivity contribution < 1.29 is 14.6 Å². The van der Waals surface area contributed by atoms with Crippen LogP contribution in [0.2, 0.25) is 0 Å². The first-order valence-corrected chi connectivity index (χ1v) is 9.79. The van der Waals surface area contributed by atoms with E-state index in [1.165, 1.54) is 5.56 Å². The smallest absolute Gasteiger partial charge is 0.323 e. The van der Waals surface area contributed by atoms with Crippen LogP contribution in [0.25, 0.3) is 11.1 Å². The van der Waals surface area contributed by atoms with E-state index < -0.39 is 23.7 Å². The number of carboxylic acids is 1. The summed E-state index contributed by atoms with van der Waals surface area (Å²) in [7, 11) is 0. The third kappa shape index (κ3) is 2.96. The highest BCUT2D eigenvalue weighted by molar-refractivity contribution is 5.82. The lowest BCUT2D eigenvalue weighted by Gasteiger charge is -2.37. The number of hydrogen-bond acceptors (Lipinski definition) is 3. The van der Waals surface area contributed by atoms with Gasteiger partial charge in [0, 0.05) is 11.1 Å². The fourth-order valence-electron chi connectivity index (χ4n) is 4.21. The Morgan fingerprint density at radius 3 is 2.00 bits per heavy atom. The summed E-state index contributed by atoms with van der Waals surface area (Å²) < 4.78 is 6.65. The lowest BCUT2D eigenvalue weighted by molar-refractivity contribution is -0.144. The Morgan fingerprint density at radius 1 is 0.931 bits per heavy atom. The van der Waals surface area contributed by atoms with E-state index >= 15 is 0 Å². The number of aryl methyl sites for hydroxylation is 2. The van der Waals surface area contributed by atoms with Crippen LogP contribution in [0.5, 0.6) is 0 Å². The summed E-state index contributed by atoms with van der Waals surface area (Å²) >= 11 is 0. The number of fused-ring (bicyclic) bond motifs is 3. The number of carboxylic acid groups (broad SMARTS) is 1. The van der Waals surface area contributed by atoms with Crippen molar-refractivity contribution in [3.05, 3.63) is 94.5 Å². The predicted octanol–water partition coefficient (Wildman–Crippen LogP) is 4.39. The number of benzene rings is 3. The van der Waals surface area contributed by atoms with Crippen LogP contribution < -0.4 is 5.73 Å². The topological polar surface area (TPSA) is 72.5 Å². The number of rotatable bonds is 5. The van der Waals surface area contributed by atoms with Gasteiger partial charge in [-0.05, 0) is 48.6 Å². The molecule has 4 heteroatoms. The van der Waals surface area contributed by atoms with Crippen molar-refractivity contribution >= 4 is 5.97 Å². The Balaban J connectivity index is 2.01. The van der Waals surface area contributed by atoms with Crippen LogP contribution in [0, 0.1) is 13.8 Å². The average Bonchev–Trinajstić information content (AvgIpc) is 3.00. The molecule has 0 aliphatic heterocycles. The molecule has 148 valence electrons. The van der Waals surface area contributed by atoms with Crippen LogP contribution in [0.1, 0.15) is 34.7 Å². The third-order valence-electron chi connectivity index (χ3n) is 5.97. The highest BCUT2D eigenvalue weighted by Gasteiger charge is 2.47. The molecule has 29 heavy (non-hydrogen) atoms. The lowest BCUT2D eigenvalue weighted by Crippen LogP contribution is -2.46. The number of ether oxygens (including phenoxy) is 1.